The van der Waals surface area contributed by atoms with Crippen LogP contribution < -0.4 is 5.32 Å². The number of aliphatic hydroxyl groups excluding tert-OH is 2. The third kappa shape index (κ3) is 44.2. The molecule has 0 aliphatic carbocycles. The molecule has 0 saturated heterocycles. The Morgan fingerprint density at radius 1 is 0.411 bits per heavy atom. The molecule has 0 heterocycles. The van der Waals surface area contributed by atoms with Crippen molar-refractivity contribution in [2.24, 2.45) is 0 Å². The summed E-state index contributed by atoms with van der Waals surface area (Å²) >= 11 is 0. The van der Waals surface area contributed by atoms with E-state index in [-0.39, 0.29) is 12.5 Å². The third-order valence-electron chi connectivity index (χ3n) is 12.3. The van der Waals surface area contributed by atoms with Crippen molar-refractivity contribution in [3.05, 3.63) is 12.2 Å². The van der Waals surface area contributed by atoms with Gasteiger partial charge in [0, 0.05) is 6.42 Å². The highest BCUT2D eigenvalue weighted by molar-refractivity contribution is 5.76. The highest BCUT2D eigenvalue weighted by Crippen LogP contribution is 2.18. The highest BCUT2D eigenvalue weighted by atomic mass is 16.3. The Balaban J connectivity index is 3.22. The Morgan fingerprint density at radius 2 is 0.661 bits per heavy atom. The van der Waals surface area contributed by atoms with Crippen LogP contribution in [0.4, 0.5) is 0 Å². The minimum atomic E-state index is -0.830. The minimum Gasteiger partial charge on any atom is -0.394 e. The quantitative estimate of drug-likeness (QED) is 0.0425. The van der Waals surface area contributed by atoms with Gasteiger partial charge in [0.05, 0.1) is 18.8 Å². The molecule has 0 rings (SSSR count). The van der Waals surface area contributed by atoms with Gasteiger partial charge in [-0.25, -0.2) is 0 Å². The molecule has 3 N–H and O–H groups in total. The zero-order chi connectivity index (χ0) is 40.7. The van der Waals surface area contributed by atoms with E-state index in [2.05, 4.69) is 19.2 Å². The second kappa shape index (κ2) is 48.5. The van der Waals surface area contributed by atoms with Crippen LogP contribution in [0.15, 0.2) is 12.2 Å². The maximum absolute atomic E-state index is 12.2. The van der Waals surface area contributed by atoms with E-state index in [4.69, 9.17) is 0 Å². The fourth-order valence-electron chi connectivity index (χ4n) is 8.29. The minimum absolute atomic E-state index is 0.0679. The van der Waals surface area contributed by atoms with Gasteiger partial charge in [-0.1, -0.05) is 289 Å². The van der Waals surface area contributed by atoms with Crippen molar-refractivity contribution in [3.8, 4) is 0 Å². The molecule has 4 nitrogen and oxygen atoms in total. The van der Waals surface area contributed by atoms with Crippen molar-refractivity contribution in [3.63, 3.8) is 0 Å². The Bertz CT molecular complexity index is 769. The summed E-state index contributed by atoms with van der Waals surface area (Å²) in [4.78, 5) is 12.2. The van der Waals surface area contributed by atoms with Gasteiger partial charge in [0.2, 0.25) is 5.91 Å². The number of hydrogen-bond acceptors (Lipinski definition) is 3. The van der Waals surface area contributed by atoms with Crippen molar-refractivity contribution in [1.82, 2.24) is 5.32 Å². The Kier molecular flexibility index (Phi) is 47.7. The van der Waals surface area contributed by atoms with E-state index in [1.807, 2.05) is 6.08 Å². The molecule has 0 saturated carbocycles. The Labute approximate surface area is 352 Å². The number of carbonyl (C=O) groups is 1. The van der Waals surface area contributed by atoms with Gasteiger partial charge in [-0.15, -0.1) is 0 Å². The molecule has 0 aliphatic heterocycles. The molecule has 0 radical (unpaired) electrons. The fourth-order valence-corrected chi connectivity index (χ4v) is 8.29. The maximum Gasteiger partial charge on any atom is 0.220 e. The summed E-state index contributed by atoms with van der Waals surface area (Å²) < 4.78 is 0. The average Bonchev–Trinajstić information content (AvgIpc) is 3.20. The zero-order valence-electron chi connectivity index (χ0n) is 38.4. The molecule has 56 heavy (non-hydrogen) atoms. The topological polar surface area (TPSA) is 69.6 Å². The van der Waals surface area contributed by atoms with E-state index in [1.165, 1.54) is 244 Å². The summed E-state index contributed by atoms with van der Waals surface area (Å²) in [6.45, 7) is 4.19. The monoisotopic (exact) mass is 790 g/mol. The third-order valence-corrected chi connectivity index (χ3v) is 12.3. The largest absolute Gasteiger partial charge is 0.394 e. The van der Waals surface area contributed by atoms with Gasteiger partial charge in [-0.2, -0.15) is 0 Å². The summed E-state index contributed by atoms with van der Waals surface area (Å²) in [6.07, 6.45) is 63.0. The number of hydrogen-bond donors (Lipinski definition) is 3. The number of nitrogens with one attached hydrogen (secondary N) is 1. The summed E-state index contributed by atoms with van der Waals surface area (Å²) in [6, 6.07) is -0.613. The second-order valence-electron chi connectivity index (χ2n) is 18.0. The zero-order valence-corrected chi connectivity index (χ0v) is 38.4. The number of carbonyl (C=O) groups excluding carboxylic acids is 1. The number of rotatable bonds is 48. The van der Waals surface area contributed by atoms with Crippen LogP contribution in [0.5, 0.6) is 0 Å². The number of aliphatic hydroxyl groups is 2. The van der Waals surface area contributed by atoms with Crippen LogP contribution in [0.25, 0.3) is 0 Å². The first-order valence-corrected chi connectivity index (χ1v) is 25.9. The molecule has 0 aromatic rings. The molecule has 0 spiro atoms. The summed E-state index contributed by atoms with van der Waals surface area (Å²) in [5.41, 5.74) is 0. The van der Waals surface area contributed by atoms with Gasteiger partial charge < -0.3 is 15.5 Å². The average molecular weight is 790 g/mol. The van der Waals surface area contributed by atoms with E-state index in [1.54, 1.807) is 6.08 Å². The first-order chi connectivity index (χ1) is 27.7. The Morgan fingerprint density at radius 3 is 0.911 bits per heavy atom. The Hall–Kier alpha value is -0.870. The van der Waals surface area contributed by atoms with Crippen LogP contribution >= 0.6 is 0 Å². The van der Waals surface area contributed by atoms with Crippen LogP contribution in [0.1, 0.15) is 296 Å². The van der Waals surface area contributed by atoms with Crippen LogP contribution in [0.3, 0.4) is 0 Å². The van der Waals surface area contributed by atoms with Crippen LogP contribution in [-0.2, 0) is 4.79 Å². The molecular weight excluding hydrogens is 687 g/mol. The maximum atomic E-state index is 12.2. The molecule has 0 fully saturated rings. The number of allylic oxidation sites excluding steroid dienone is 1. The molecule has 334 valence electrons. The van der Waals surface area contributed by atoms with Gasteiger partial charge >= 0.3 is 0 Å². The van der Waals surface area contributed by atoms with E-state index < -0.39 is 12.1 Å². The standard InChI is InChI=1S/C52H103NO3/c1-3-5-7-9-10-11-12-13-14-15-16-17-18-19-20-21-22-23-24-25-26-27-28-29-30-31-32-33-34-35-36-37-38-39-40-41-42-43-44-46-48-52(56)53-50(49-54)51(55)47-45-8-6-4-2/h45,47,50-51,54-55H,3-44,46,48-49H2,1-2H3,(H,53,56)/b47-45+. The fraction of sp³-hybridized carbons (Fsp3) is 0.942. The molecule has 4 heteroatoms. The molecule has 0 aromatic carbocycles. The smallest absolute Gasteiger partial charge is 0.220 e. The lowest BCUT2D eigenvalue weighted by Gasteiger charge is -2.19. The van der Waals surface area contributed by atoms with E-state index in [9.17, 15) is 15.0 Å². The summed E-state index contributed by atoms with van der Waals surface area (Å²) in [7, 11) is 0. The van der Waals surface area contributed by atoms with Crippen molar-refractivity contribution in [2.75, 3.05) is 6.61 Å². The van der Waals surface area contributed by atoms with E-state index in [0.717, 1.165) is 32.1 Å². The van der Waals surface area contributed by atoms with Crippen molar-refractivity contribution >= 4 is 5.91 Å². The SMILES string of the molecule is CCCC/C=C/C(O)C(CO)NC(=O)CCCCCCCCCCCCCCCCCCCCCCCCCCCCCCCCCCCCCCCCCC. The van der Waals surface area contributed by atoms with E-state index in [0.29, 0.717) is 6.42 Å². The molecular formula is C52H103NO3. The summed E-state index contributed by atoms with van der Waals surface area (Å²) in [5.74, 6) is -0.0679. The van der Waals surface area contributed by atoms with Crippen molar-refractivity contribution < 1.29 is 15.0 Å². The van der Waals surface area contributed by atoms with E-state index >= 15 is 0 Å². The first kappa shape index (κ1) is 55.1. The number of unbranched alkanes of at least 4 members (excludes halogenated alkanes) is 41. The molecule has 1 amide bonds. The molecule has 2 atom stereocenters. The van der Waals surface area contributed by atoms with Gasteiger partial charge in [0.1, 0.15) is 0 Å². The van der Waals surface area contributed by atoms with Crippen molar-refractivity contribution in [1.29, 1.82) is 0 Å². The normalized spacial score (nSPS) is 12.9. The first-order valence-electron chi connectivity index (χ1n) is 25.9. The molecule has 0 aromatic heterocycles. The predicted molar refractivity (Wildman–Crippen MR) is 249 cm³/mol. The highest BCUT2D eigenvalue weighted by Gasteiger charge is 2.17. The number of amides is 1. The lowest BCUT2D eigenvalue weighted by atomic mass is 10.0. The van der Waals surface area contributed by atoms with Crippen LogP contribution in [0, 0.1) is 0 Å². The van der Waals surface area contributed by atoms with Crippen molar-refractivity contribution in [2.45, 2.75) is 309 Å². The van der Waals surface area contributed by atoms with Gasteiger partial charge in [0.15, 0.2) is 0 Å². The molecule has 2 unspecified atom stereocenters. The second-order valence-corrected chi connectivity index (χ2v) is 18.0. The van der Waals surface area contributed by atoms with Gasteiger partial charge in [-0.3, -0.25) is 4.79 Å². The lowest BCUT2D eigenvalue weighted by molar-refractivity contribution is -0.123. The summed E-state index contributed by atoms with van der Waals surface area (Å²) in [5, 5.41) is 22.6. The molecule has 0 bridgehead atoms. The lowest BCUT2D eigenvalue weighted by Crippen LogP contribution is -2.45. The van der Waals surface area contributed by atoms with Crippen LogP contribution in [-0.4, -0.2) is 34.9 Å². The van der Waals surface area contributed by atoms with Gasteiger partial charge in [-0.05, 0) is 12.8 Å². The predicted octanol–water partition coefficient (Wildman–Crippen LogP) is 16.6. The molecule has 0 aliphatic rings. The van der Waals surface area contributed by atoms with Crippen LogP contribution in [0.2, 0.25) is 0 Å². The van der Waals surface area contributed by atoms with Gasteiger partial charge in [0.25, 0.3) is 0 Å².